The monoisotopic (exact) mass is 370 g/mol. The molecule has 0 unspecified atom stereocenters. The summed E-state index contributed by atoms with van der Waals surface area (Å²) in [5.41, 5.74) is 8.34. The van der Waals surface area contributed by atoms with Gasteiger partial charge < -0.3 is 5.73 Å². The van der Waals surface area contributed by atoms with Crippen molar-refractivity contribution in [2.75, 3.05) is 6.54 Å². The van der Waals surface area contributed by atoms with Crippen molar-refractivity contribution in [3.05, 3.63) is 82.9 Å². The van der Waals surface area contributed by atoms with Gasteiger partial charge in [-0.25, -0.2) is 4.98 Å². The number of rotatable bonds is 3. The van der Waals surface area contributed by atoms with E-state index in [4.69, 9.17) is 5.73 Å². The quantitative estimate of drug-likeness (QED) is 0.764. The number of nitrogens with zero attached hydrogens (tertiary/aromatic N) is 3. The highest BCUT2D eigenvalue weighted by Crippen LogP contribution is 2.34. The van der Waals surface area contributed by atoms with Gasteiger partial charge in [-0.15, -0.1) is 0 Å². The lowest BCUT2D eigenvalue weighted by atomic mass is 9.98. The average Bonchev–Trinajstić information content (AvgIpc) is 2.97. The van der Waals surface area contributed by atoms with Crippen LogP contribution >= 0.6 is 0 Å². The molecule has 1 aromatic heterocycles. The first-order valence-electron chi connectivity index (χ1n) is 8.56. The Morgan fingerprint density at radius 1 is 1.07 bits per heavy atom. The fraction of sp³-hybridized carbons (Fsp3) is 0.200. The summed E-state index contributed by atoms with van der Waals surface area (Å²) in [7, 11) is 0. The van der Waals surface area contributed by atoms with Crippen molar-refractivity contribution < 1.29 is 13.2 Å². The predicted molar refractivity (Wildman–Crippen MR) is 97.1 cm³/mol. The molecule has 0 spiro atoms. The minimum absolute atomic E-state index is 0.283. The SMILES string of the molecule is NCCc1cnc2n1-c1cc(C(F)(F)F)ccc1C(c1ccccc1)=NC2. The van der Waals surface area contributed by atoms with Gasteiger partial charge in [0.05, 0.1) is 23.5 Å². The van der Waals surface area contributed by atoms with Gasteiger partial charge in [-0.2, -0.15) is 13.2 Å². The van der Waals surface area contributed by atoms with Crippen molar-refractivity contribution in [3.8, 4) is 5.69 Å². The number of aromatic nitrogens is 2. The molecule has 7 heteroatoms. The topological polar surface area (TPSA) is 56.2 Å². The molecule has 1 aliphatic heterocycles. The Hall–Kier alpha value is -2.93. The van der Waals surface area contributed by atoms with Crippen LogP contribution in [0.3, 0.4) is 0 Å². The molecule has 0 bridgehead atoms. The summed E-state index contributed by atoms with van der Waals surface area (Å²) < 4.78 is 41.8. The van der Waals surface area contributed by atoms with Crippen LogP contribution in [0.15, 0.2) is 59.7 Å². The fourth-order valence-electron chi connectivity index (χ4n) is 3.33. The first-order chi connectivity index (χ1) is 13.0. The summed E-state index contributed by atoms with van der Waals surface area (Å²) >= 11 is 0. The second kappa shape index (κ2) is 6.66. The van der Waals surface area contributed by atoms with E-state index in [1.54, 1.807) is 10.8 Å². The van der Waals surface area contributed by atoms with Crippen molar-refractivity contribution in [2.45, 2.75) is 19.1 Å². The number of alkyl halides is 3. The number of aliphatic imine (C=N–C) groups is 1. The molecule has 138 valence electrons. The smallest absolute Gasteiger partial charge is 0.330 e. The Morgan fingerprint density at radius 2 is 1.85 bits per heavy atom. The van der Waals surface area contributed by atoms with Gasteiger partial charge >= 0.3 is 6.18 Å². The van der Waals surface area contributed by atoms with Gasteiger partial charge in [-0.3, -0.25) is 9.56 Å². The highest BCUT2D eigenvalue weighted by Gasteiger charge is 2.32. The normalized spacial score (nSPS) is 13.6. The fourth-order valence-corrected chi connectivity index (χ4v) is 3.33. The number of benzene rings is 2. The lowest BCUT2D eigenvalue weighted by Gasteiger charge is -2.17. The summed E-state index contributed by atoms with van der Waals surface area (Å²) in [4.78, 5) is 9.04. The van der Waals surface area contributed by atoms with E-state index in [1.165, 1.54) is 12.1 Å². The molecule has 27 heavy (non-hydrogen) atoms. The number of halogens is 3. The van der Waals surface area contributed by atoms with Gasteiger partial charge in [-0.1, -0.05) is 36.4 Å². The van der Waals surface area contributed by atoms with Crippen LogP contribution < -0.4 is 5.73 Å². The van der Waals surface area contributed by atoms with Crippen LogP contribution in [-0.2, 0) is 19.1 Å². The van der Waals surface area contributed by atoms with E-state index < -0.39 is 11.7 Å². The molecular formula is C20H17F3N4. The van der Waals surface area contributed by atoms with Crippen molar-refractivity contribution >= 4 is 5.71 Å². The largest absolute Gasteiger partial charge is 0.416 e. The predicted octanol–water partition coefficient (Wildman–Crippen LogP) is 3.74. The Kier molecular flexibility index (Phi) is 4.31. The molecule has 0 saturated heterocycles. The zero-order chi connectivity index (χ0) is 19.0. The molecule has 0 amide bonds. The number of imidazole rings is 1. The molecule has 2 aromatic carbocycles. The molecule has 3 aromatic rings. The summed E-state index contributed by atoms with van der Waals surface area (Å²) in [5.74, 6) is 0.602. The van der Waals surface area contributed by atoms with Gasteiger partial charge in [0.1, 0.15) is 5.82 Å². The van der Waals surface area contributed by atoms with E-state index in [0.29, 0.717) is 35.8 Å². The summed E-state index contributed by atoms with van der Waals surface area (Å²) in [6.07, 6.45) is -2.25. The van der Waals surface area contributed by atoms with Crippen molar-refractivity contribution in [2.24, 2.45) is 10.7 Å². The highest BCUT2D eigenvalue weighted by molar-refractivity contribution is 6.15. The van der Waals surface area contributed by atoms with Crippen LogP contribution in [0.2, 0.25) is 0 Å². The number of hydrogen-bond donors (Lipinski definition) is 1. The highest BCUT2D eigenvalue weighted by atomic mass is 19.4. The minimum atomic E-state index is -4.43. The van der Waals surface area contributed by atoms with Crippen LogP contribution in [0.4, 0.5) is 13.2 Å². The third kappa shape index (κ3) is 3.14. The van der Waals surface area contributed by atoms with E-state index in [-0.39, 0.29) is 6.54 Å². The van der Waals surface area contributed by atoms with Gasteiger partial charge in [0.2, 0.25) is 0 Å². The van der Waals surface area contributed by atoms with Gasteiger partial charge in [-0.05, 0) is 18.7 Å². The van der Waals surface area contributed by atoms with Crippen LogP contribution in [0.1, 0.15) is 28.2 Å². The summed E-state index contributed by atoms with van der Waals surface area (Å²) in [5, 5.41) is 0. The van der Waals surface area contributed by atoms with Crippen LogP contribution in [0.25, 0.3) is 5.69 Å². The second-order valence-electron chi connectivity index (χ2n) is 6.30. The van der Waals surface area contributed by atoms with Crippen LogP contribution in [0, 0.1) is 0 Å². The van der Waals surface area contributed by atoms with Crippen molar-refractivity contribution in [1.29, 1.82) is 0 Å². The number of nitrogens with two attached hydrogens (primary N) is 1. The lowest BCUT2D eigenvalue weighted by Crippen LogP contribution is -2.14. The summed E-state index contributed by atoms with van der Waals surface area (Å²) in [6.45, 7) is 0.663. The van der Waals surface area contributed by atoms with Crippen LogP contribution in [-0.4, -0.2) is 21.8 Å². The third-order valence-electron chi connectivity index (χ3n) is 4.56. The molecule has 0 fully saturated rings. The molecule has 2 heterocycles. The molecule has 4 nitrogen and oxygen atoms in total. The van der Waals surface area contributed by atoms with E-state index in [9.17, 15) is 13.2 Å². The van der Waals surface area contributed by atoms with E-state index in [0.717, 1.165) is 17.3 Å². The van der Waals surface area contributed by atoms with E-state index in [1.807, 2.05) is 30.3 Å². The third-order valence-corrected chi connectivity index (χ3v) is 4.56. The Morgan fingerprint density at radius 3 is 2.56 bits per heavy atom. The maximum absolute atomic E-state index is 13.4. The molecule has 0 atom stereocenters. The lowest BCUT2D eigenvalue weighted by molar-refractivity contribution is -0.137. The van der Waals surface area contributed by atoms with E-state index >= 15 is 0 Å². The molecule has 0 radical (unpaired) electrons. The Bertz CT molecular complexity index is 1000. The molecule has 0 saturated carbocycles. The zero-order valence-electron chi connectivity index (χ0n) is 14.4. The Balaban J connectivity index is 1.98. The number of hydrogen-bond acceptors (Lipinski definition) is 3. The average molecular weight is 370 g/mol. The second-order valence-corrected chi connectivity index (χ2v) is 6.30. The zero-order valence-corrected chi connectivity index (χ0v) is 14.4. The van der Waals surface area contributed by atoms with Crippen molar-refractivity contribution in [1.82, 2.24) is 9.55 Å². The minimum Gasteiger partial charge on any atom is -0.330 e. The molecule has 2 N–H and O–H groups in total. The standard InChI is InChI=1S/C20H17F3N4/c21-20(22,23)14-6-7-16-17(10-14)27-15(8-9-24)11-25-18(27)12-26-19(16)13-4-2-1-3-5-13/h1-7,10-11H,8-9,12,24H2. The summed E-state index contributed by atoms with van der Waals surface area (Å²) in [6, 6.07) is 13.2. The number of fused-ring (bicyclic) bond motifs is 3. The van der Waals surface area contributed by atoms with Gasteiger partial charge in [0, 0.05) is 29.4 Å². The molecular weight excluding hydrogens is 353 g/mol. The van der Waals surface area contributed by atoms with Gasteiger partial charge in [0.25, 0.3) is 0 Å². The maximum Gasteiger partial charge on any atom is 0.416 e. The molecule has 0 aliphatic carbocycles. The van der Waals surface area contributed by atoms with E-state index in [2.05, 4.69) is 9.98 Å². The maximum atomic E-state index is 13.4. The van der Waals surface area contributed by atoms with Gasteiger partial charge in [0.15, 0.2) is 0 Å². The first-order valence-corrected chi connectivity index (χ1v) is 8.56. The first kappa shape index (κ1) is 17.5. The molecule has 1 aliphatic rings. The Labute approximate surface area is 154 Å². The van der Waals surface area contributed by atoms with Crippen molar-refractivity contribution in [3.63, 3.8) is 0 Å². The molecule has 4 rings (SSSR count). The van der Waals surface area contributed by atoms with Crippen LogP contribution in [0.5, 0.6) is 0 Å².